The van der Waals surface area contributed by atoms with Gasteiger partial charge in [-0.2, -0.15) is 0 Å². The average molecular weight is 348 g/mol. The second kappa shape index (κ2) is 7.22. The highest BCUT2D eigenvalue weighted by atomic mass is 79.9. The summed E-state index contributed by atoms with van der Waals surface area (Å²) in [6.45, 7) is 4.81. The number of aryl methyl sites for hydroxylation is 1. The van der Waals surface area contributed by atoms with Gasteiger partial charge in [0.2, 0.25) is 0 Å². The predicted octanol–water partition coefficient (Wildman–Crippen LogP) is 4.23. The van der Waals surface area contributed by atoms with Crippen molar-refractivity contribution in [3.63, 3.8) is 0 Å². The highest BCUT2D eigenvalue weighted by Gasteiger charge is 2.11. The molecule has 5 heteroatoms. The molecule has 0 saturated carbocycles. The molecule has 2 aromatic rings. The number of benzene rings is 1. The van der Waals surface area contributed by atoms with Gasteiger partial charge < -0.3 is 10.6 Å². The maximum Gasteiger partial charge on any atom is 0.258 e. The summed E-state index contributed by atoms with van der Waals surface area (Å²) in [4.78, 5) is 16.7. The van der Waals surface area contributed by atoms with Crippen molar-refractivity contribution in [2.24, 2.45) is 0 Å². The second-order valence-corrected chi connectivity index (χ2v) is 5.54. The maximum absolute atomic E-state index is 12.4. The van der Waals surface area contributed by atoms with Crippen molar-refractivity contribution in [2.75, 3.05) is 17.2 Å². The monoisotopic (exact) mass is 347 g/mol. The number of hydrogen-bond donors (Lipinski definition) is 2. The summed E-state index contributed by atoms with van der Waals surface area (Å²) in [6.07, 6.45) is 1.00. The molecule has 0 saturated heterocycles. The lowest BCUT2D eigenvalue weighted by molar-refractivity contribution is 0.102. The lowest BCUT2D eigenvalue weighted by Crippen LogP contribution is -2.16. The molecule has 0 bridgehead atoms. The Bertz CT molecular complexity index is 643. The molecule has 0 spiro atoms. The van der Waals surface area contributed by atoms with E-state index >= 15 is 0 Å². The number of amides is 1. The Morgan fingerprint density at radius 2 is 2.00 bits per heavy atom. The second-order valence-electron chi connectivity index (χ2n) is 4.69. The average Bonchev–Trinajstić information content (AvgIpc) is 2.49. The molecule has 0 aliphatic carbocycles. The van der Waals surface area contributed by atoms with E-state index < -0.39 is 0 Å². The van der Waals surface area contributed by atoms with E-state index in [4.69, 9.17) is 0 Å². The molecule has 1 amide bonds. The van der Waals surface area contributed by atoms with Gasteiger partial charge in [-0.15, -0.1) is 0 Å². The summed E-state index contributed by atoms with van der Waals surface area (Å²) in [5.41, 5.74) is 2.30. The molecule has 0 atom stereocenters. The molecule has 1 aromatic heterocycles. The van der Waals surface area contributed by atoms with Crippen LogP contribution in [-0.4, -0.2) is 17.4 Å². The Labute approximate surface area is 133 Å². The summed E-state index contributed by atoms with van der Waals surface area (Å²) in [5.74, 6) is 0.384. The molecular formula is C16H18BrN3O. The number of anilines is 2. The maximum atomic E-state index is 12.4. The normalized spacial score (nSPS) is 10.2. The van der Waals surface area contributed by atoms with E-state index in [1.54, 1.807) is 12.1 Å². The summed E-state index contributed by atoms with van der Waals surface area (Å²) in [7, 11) is 0. The molecule has 2 rings (SSSR count). The Kier molecular flexibility index (Phi) is 5.33. The van der Waals surface area contributed by atoms with Crippen LogP contribution in [0, 0.1) is 6.92 Å². The zero-order valence-corrected chi connectivity index (χ0v) is 13.7. The topological polar surface area (TPSA) is 54.0 Å². The fourth-order valence-corrected chi connectivity index (χ4v) is 2.11. The number of pyridine rings is 1. The molecule has 1 aromatic carbocycles. The van der Waals surface area contributed by atoms with Crippen molar-refractivity contribution in [1.82, 2.24) is 4.98 Å². The van der Waals surface area contributed by atoms with Gasteiger partial charge in [0.25, 0.3) is 5.91 Å². The van der Waals surface area contributed by atoms with Crippen molar-refractivity contribution in [2.45, 2.75) is 20.3 Å². The summed E-state index contributed by atoms with van der Waals surface area (Å²) >= 11 is 3.40. The number of rotatable bonds is 5. The first kappa shape index (κ1) is 15.5. The van der Waals surface area contributed by atoms with Gasteiger partial charge in [0, 0.05) is 16.7 Å². The third-order valence-electron chi connectivity index (χ3n) is 3.00. The first-order chi connectivity index (χ1) is 10.1. The number of aromatic nitrogens is 1. The minimum absolute atomic E-state index is 0.163. The van der Waals surface area contributed by atoms with Gasteiger partial charge in [-0.25, -0.2) is 4.98 Å². The first-order valence-electron chi connectivity index (χ1n) is 6.89. The van der Waals surface area contributed by atoms with Gasteiger partial charge >= 0.3 is 0 Å². The van der Waals surface area contributed by atoms with Gasteiger partial charge in [0.1, 0.15) is 5.82 Å². The number of carbonyl (C=O) groups excluding carboxylic acids is 1. The Morgan fingerprint density at radius 1 is 1.24 bits per heavy atom. The standard InChI is InChI=1S/C16H18BrN3O/c1-3-10-18-14-7-5-4-6-12(14)16(21)20-15-9-8-13(17)11(2)19-15/h4-9,18H,3,10H2,1-2H3,(H,19,20,21). The van der Waals surface area contributed by atoms with Crippen LogP contribution in [0.1, 0.15) is 29.4 Å². The van der Waals surface area contributed by atoms with Crippen LogP contribution in [0.2, 0.25) is 0 Å². The lowest BCUT2D eigenvalue weighted by Gasteiger charge is -2.11. The zero-order chi connectivity index (χ0) is 15.2. The Morgan fingerprint density at radius 3 is 2.71 bits per heavy atom. The van der Waals surface area contributed by atoms with Gasteiger partial charge in [-0.3, -0.25) is 4.79 Å². The van der Waals surface area contributed by atoms with Crippen LogP contribution in [0.15, 0.2) is 40.9 Å². The van der Waals surface area contributed by atoms with Crippen molar-refractivity contribution < 1.29 is 4.79 Å². The smallest absolute Gasteiger partial charge is 0.258 e. The summed E-state index contributed by atoms with van der Waals surface area (Å²) in [6, 6.07) is 11.1. The van der Waals surface area contributed by atoms with Gasteiger partial charge in [0.05, 0.1) is 11.3 Å². The first-order valence-corrected chi connectivity index (χ1v) is 7.68. The number of para-hydroxylation sites is 1. The van der Waals surface area contributed by atoms with E-state index in [1.165, 1.54) is 0 Å². The minimum Gasteiger partial charge on any atom is -0.384 e. The molecule has 2 N–H and O–H groups in total. The van der Waals surface area contributed by atoms with Gasteiger partial charge in [0.15, 0.2) is 0 Å². The van der Waals surface area contributed by atoms with Crippen LogP contribution >= 0.6 is 15.9 Å². The summed E-state index contributed by atoms with van der Waals surface area (Å²) in [5, 5.41) is 6.09. The molecule has 21 heavy (non-hydrogen) atoms. The highest BCUT2D eigenvalue weighted by molar-refractivity contribution is 9.10. The fraction of sp³-hybridized carbons (Fsp3) is 0.250. The molecule has 0 aliphatic heterocycles. The number of nitrogens with one attached hydrogen (secondary N) is 2. The van der Waals surface area contributed by atoms with E-state index in [1.807, 2.05) is 31.2 Å². The van der Waals surface area contributed by atoms with Crippen molar-refractivity contribution in [3.8, 4) is 0 Å². The molecule has 4 nitrogen and oxygen atoms in total. The lowest BCUT2D eigenvalue weighted by atomic mass is 10.1. The summed E-state index contributed by atoms with van der Waals surface area (Å²) < 4.78 is 0.922. The number of nitrogens with zero attached hydrogens (tertiary/aromatic N) is 1. The molecule has 1 heterocycles. The van der Waals surface area contributed by atoms with Crippen LogP contribution < -0.4 is 10.6 Å². The highest BCUT2D eigenvalue weighted by Crippen LogP contribution is 2.19. The molecule has 0 fully saturated rings. The fourth-order valence-electron chi connectivity index (χ4n) is 1.89. The van der Waals surface area contributed by atoms with E-state index in [9.17, 15) is 4.79 Å². The Balaban J connectivity index is 2.18. The Hall–Kier alpha value is -1.88. The molecule has 0 radical (unpaired) electrons. The number of halogens is 1. The quantitative estimate of drug-likeness (QED) is 0.850. The van der Waals surface area contributed by atoms with Crippen LogP contribution in [0.25, 0.3) is 0 Å². The van der Waals surface area contributed by atoms with Gasteiger partial charge in [-0.05, 0) is 53.5 Å². The van der Waals surface area contributed by atoms with E-state index in [0.717, 1.165) is 28.8 Å². The molecule has 0 unspecified atom stereocenters. The van der Waals surface area contributed by atoms with Crippen LogP contribution in [0.5, 0.6) is 0 Å². The van der Waals surface area contributed by atoms with Crippen molar-refractivity contribution in [3.05, 3.63) is 52.1 Å². The van der Waals surface area contributed by atoms with Crippen molar-refractivity contribution >= 4 is 33.3 Å². The molecule has 0 aliphatic rings. The third-order valence-corrected chi connectivity index (χ3v) is 3.84. The van der Waals surface area contributed by atoms with E-state index in [2.05, 4.69) is 38.5 Å². The predicted molar refractivity (Wildman–Crippen MR) is 89.8 cm³/mol. The van der Waals surface area contributed by atoms with E-state index in [0.29, 0.717) is 11.4 Å². The van der Waals surface area contributed by atoms with Crippen LogP contribution in [-0.2, 0) is 0 Å². The number of carbonyl (C=O) groups is 1. The zero-order valence-electron chi connectivity index (χ0n) is 12.1. The SMILES string of the molecule is CCCNc1ccccc1C(=O)Nc1ccc(Br)c(C)n1. The van der Waals surface area contributed by atoms with E-state index in [-0.39, 0.29) is 5.91 Å². The van der Waals surface area contributed by atoms with Crippen LogP contribution in [0.3, 0.4) is 0 Å². The minimum atomic E-state index is -0.163. The number of hydrogen-bond acceptors (Lipinski definition) is 3. The molecule has 110 valence electrons. The largest absolute Gasteiger partial charge is 0.384 e. The molecular weight excluding hydrogens is 330 g/mol. The van der Waals surface area contributed by atoms with Crippen LogP contribution in [0.4, 0.5) is 11.5 Å². The van der Waals surface area contributed by atoms with Gasteiger partial charge in [-0.1, -0.05) is 19.1 Å². The third kappa shape index (κ3) is 4.04. The van der Waals surface area contributed by atoms with Crippen molar-refractivity contribution in [1.29, 1.82) is 0 Å².